The molecule has 0 N–H and O–H groups in total. The zero-order valence-corrected chi connectivity index (χ0v) is 22.0. The topological polar surface area (TPSA) is 52.6 Å². The molecule has 1 atom stereocenters. The Bertz CT molecular complexity index is 1310. The third-order valence-electron chi connectivity index (χ3n) is 6.57. The lowest BCUT2D eigenvalue weighted by atomic mass is 10.0. The van der Waals surface area contributed by atoms with E-state index in [0.717, 1.165) is 27.3 Å². The lowest BCUT2D eigenvalue weighted by Crippen LogP contribution is -2.23. The van der Waals surface area contributed by atoms with E-state index in [2.05, 4.69) is 0 Å². The first-order valence-electron chi connectivity index (χ1n) is 11.9. The number of rotatable bonds is 9. The summed E-state index contributed by atoms with van der Waals surface area (Å²) in [6.45, 7) is 4.02. The van der Waals surface area contributed by atoms with Gasteiger partial charge < -0.3 is 14.0 Å². The number of hydrogen-bond acceptors (Lipinski definition) is 4. The van der Waals surface area contributed by atoms with Crippen LogP contribution in [0.2, 0.25) is 0 Å². The fraction of sp³-hybridized carbons (Fsp3) is 0.194. The third-order valence-corrected chi connectivity index (χ3v) is 10.1. The number of Topliss-reactive ketones (excluding diaryl/α,β-unsaturated/α-hetero) is 1. The van der Waals surface area contributed by atoms with E-state index in [9.17, 15) is 4.79 Å². The Balaban J connectivity index is 1.88. The van der Waals surface area contributed by atoms with Crippen molar-refractivity contribution in [2.45, 2.75) is 25.9 Å². The monoisotopic (exact) mass is 498 g/mol. The first-order chi connectivity index (χ1) is 17.3. The third kappa shape index (κ3) is 5.29. The zero-order chi connectivity index (χ0) is 25.7. The molecule has 1 unspecified atom stereocenters. The molecule has 184 valence electrons. The summed E-state index contributed by atoms with van der Waals surface area (Å²) in [5.74, 6) is 1.32. The van der Waals surface area contributed by atoms with E-state index in [1.54, 1.807) is 38.5 Å². The fourth-order valence-electron chi connectivity index (χ4n) is 4.39. The first kappa shape index (κ1) is 25.5. The molecule has 4 rings (SSSR count). The Morgan fingerprint density at radius 3 is 1.50 bits per heavy atom. The van der Waals surface area contributed by atoms with Crippen molar-refractivity contribution in [3.8, 4) is 11.5 Å². The second-order valence-electron chi connectivity index (χ2n) is 8.97. The van der Waals surface area contributed by atoms with Crippen molar-refractivity contribution in [2.75, 3.05) is 14.2 Å². The van der Waals surface area contributed by atoms with Crippen molar-refractivity contribution in [1.29, 1.82) is 0 Å². The summed E-state index contributed by atoms with van der Waals surface area (Å²) < 4.78 is 26.0. The van der Waals surface area contributed by atoms with Crippen molar-refractivity contribution in [1.82, 2.24) is 0 Å². The van der Waals surface area contributed by atoms with Gasteiger partial charge in [-0.25, -0.2) is 0 Å². The van der Waals surface area contributed by atoms with Crippen molar-refractivity contribution in [3.63, 3.8) is 0 Å². The minimum atomic E-state index is -3.30. The van der Waals surface area contributed by atoms with Crippen LogP contribution in [0.25, 0.3) is 0 Å². The molecule has 0 heterocycles. The van der Waals surface area contributed by atoms with E-state index in [4.69, 9.17) is 9.47 Å². The van der Waals surface area contributed by atoms with Gasteiger partial charge in [-0.1, -0.05) is 71.8 Å². The Morgan fingerprint density at radius 2 is 1.08 bits per heavy atom. The van der Waals surface area contributed by atoms with Crippen LogP contribution in [0.5, 0.6) is 11.5 Å². The minimum absolute atomic E-state index is 0.0714. The van der Waals surface area contributed by atoms with Gasteiger partial charge in [0.15, 0.2) is 12.9 Å². The molecule has 0 saturated heterocycles. The molecule has 4 aromatic carbocycles. The van der Waals surface area contributed by atoms with Crippen molar-refractivity contribution in [3.05, 3.63) is 119 Å². The predicted octanol–water partition coefficient (Wildman–Crippen LogP) is 6.65. The second kappa shape index (κ2) is 11.0. The minimum Gasteiger partial charge on any atom is -0.497 e. The highest BCUT2D eigenvalue weighted by molar-refractivity contribution is 7.79. The van der Waals surface area contributed by atoms with Crippen LogP contribution in [0.1, 0.15) is 39.1 Å². The van der Waals surface area contributed by atoms with E-state index in [1.807, 2.05) is 86.6 Å². The molecule has 0 spiro atoms. The Morgan fingerprint density at radius 1 is 0.667 bits per heavy atom. The van der Waals surface area contributed by atoms with Gasteiger partial charge in [0.05, 0.1) is 19.9 Å². The van der Waals surface area contributed by atoms with Crippen LogP contribution in [0.4, 0.5) is 0 Å². The number of aryl methyl sites for hydroxylation is 2. The van der Waals surface area contributed by atoms with Crippen molar-refractivity contribution in [2.24, 2.45) is 0 Å². The molecular formula is C31H31O4P. The summed E-state index contributed by atoms with van der Waals surface area (Å²) >= 11 is 0. The standard InChI is InChI=1S/C31H31O4P/c1-22-5-17-28(18-6-22)36(33,29-19-7-23(2)8-20-29)31(25-11-15-27(35-4)16-12-25)21-30(32)24-9-13-26(34-3)14-10-24/h5-20,31H,21H2,1-4H3. The Hall–Kier alpha value is -3.62. The molecule has 0 radical (unpaired) electrons. The van der Waals surface area contributed by atoms with Crippen LogP contribution in [-0.4, -0.2) is 20.0 Å². The van der Waals surface area contributed by atoms with Crippen LogP contribution < -0.4 is 20.1 Å². The van der Waals surface area contributed by atoms with Gasteiger partial charge in [-0.2, -0.15) is 0 Å². The van der Waals surface area contributed by atoms with Gasteiger partial charge in [-0.05, 0) is 55.8 Å². The first-order valence-corrected chi connectivity index (χ1v) is 13.7. The van der Waals surface area contributed by atoms with Crippen LogP contribution in [0.15, 0.2) is 97.1 Å². The molecule has 0 aromatic heterocycles. The lowest BCUT2D eigenvalue weighted by Gasteiger charge is -2.29. The molecule has 4 nitrogen and oxygen atoms in total. The van der Waals surface area contributed by atoms with Crippen LogP contribution in [0, 0.1) is 13.8 Å². The zero-order valence-electron chi connectivity index (χ0n) is 21.1. The summed E-state index contributed by atoms with van der Waals surface area (Å²) in [4.78, 5) is 13.6. The number of hydrogen-bond donors (Lipinski definition) is 0. The van der Waals surface area contributed by atoms with Crippen LogP contribution >= 0.6 is 7.14 Å². The molecular weight excluding hydrogens is 467 g/mol. The van der Waals surface area contributed by atoms with Gasteiger partial charge in [0.2, 0.25) is 0 Å². The molecule has 0 aliphatic rings. The van der Waals surface area contributed by atoms with Crippen molar-refractivity contribution >= 4 is 23.5 Å². The van der Waals surface area contributed by atoms with E-state index in [-0.39, 0.29) is 12.2 Å². The number of ether oxygens (including phenoxy) is 2. The summed E-state index contributed by atoms with van der Waals surface area (Å²) in [5.41, 5.74) is 3.02. The molecule has 0 aliphatic carbocycles. The van der Waals surface area contributed by atoms with Gasteiger partial charge in [0.1, 0.15) is 11.5 Å². The van der Waals surface area contributed by atoms with E-state index in [0.29, 0.717) is 17.1 Å². The Kier molecular flexibility index (Phi) is 7.76. The van der Waals surface area contributed by atoms with E-state index in [1.165, 1.54) is 0 Å². The average molecular weight is 499 g/mol. The molecule has 0 bridgehead atoms. The fourth-order valence-corrected chi connectivity index (χ4v) is 7.61. The molecule has 36 heavy (non-hydrogen) atoms. The SMILES string of the molecule is COc1ccc(C(=O)CC(c2ccc(OC)cc2)P(=O)(c2ccc(C)cc2)c2ccc(C)cc2)cc1. The second-order valence-corrected chi connectivity index (χ2v) is 11.9. The largest absolute Gasteiger partial charge is 0.497 e. The smallest absolute Gasteiger partial charge is 0.163 e. The molecule has 0 fully saturated rings. The normalized spacial score (nSPS) is 12.1. The molecule has 0 aliphatic heterocycles. The maximum atomic E-state index is 15.4. The number of ketones is 1. The molecule has 4 aromatic rings. The number of benzene rings is 4. The van der Waals surface area contributed by atoms with Crippen molar-refractivity contribution < 1.29 is 18.8 Å². The maximum Gasteiger partial charge on any atom is 0.163 e. The lowest BCUT2D eigenvalue weighted by molar-refractivity contribution is 0.0981. The van der Waals surface area contributed by atoms with Crippen LogP contribution in [0.3, 0.4) is 0 Å². The van der Waals surface area contributed by atoms with E-state index >= 15 is 4.57 Å². The van der Waals surface area contributed by atoms with Gasteiger partial charge >= 0.3 is 0 Å². The summed E-state index contributed by atoms with van der Waals surface area (Å²) in [6, 6.07) is 30.3. The van der Waals surface area contributed by atoms with Gasteiger partial charge in [0.25, 0.3) is 0 Å². The summed E-state index contributed by atoms with van der Waals surface area (Å²) in [6.07, 6.45) is 0.0949. The van der Waals surface area contributed by atoms with E-state index < -0.39 is 12.8 Å². The molecule has 0 saturated carbocycles. The van der Waals surface area contributed by atoms with Gasteiger partial charge in [-0.3, -0.25) is 4.79 Å². The Labute approximate surface area is 213 Å². The number of carbonyl (C=O) groups is 1. The van der Waals surface area contributed by atoms with Gasteiger partial charge in [0, 0.05) is 22.6 Å². The number of carbonyl (C=O) groups excluding carboxylic acids is 1. The highest BCUT2D eigenvalue weighted by Crippen LogP contribution is 2.59. The molecule has 5 heteroatoms. The highest BCUT2D eigenvalue weighted by Gasteiger charge is 2.39. The maximum absolute atomic E-state index is 15.4. The highest BCUT2D eigenvalue weighted by atomic mass is 31.2. The number of methoxy groups -OCH3 is 2. The quantitative estimate of drug-likeness (QED) is 0.192. The average Bonchev–Trinajstić information content (AvgIpc) is 2.92. The van der Waals surface area contributed by atoms with Gasteiger partial charge in [-0.15, -0.1) is 0 Å². The predicted molar refractivity (Wildman–Crippen MR) is 147 cm³/mol. The summed E-state index contributed by atoms with van der Waals surface area (Å²) in [5, 5.41) is 1.47. The summed E-state index contributed by atoms with van der Waals surface area (Å²) in [7, 11) is -0.0879. The van der Waals surface area contributed by atoms with Crippen LogP contribution in [-0.2, 0) is 4.57 Å². The molecule has 0 amide bonds.